The second-order valence-corrected chi connectivity index (χ2v) is 6.22. The Labute approximate surface area is 121 Å². The molecule has 0 bridgehead atoms. The van der Waals surface area contributed by atoms with E-state index in [9.17, 15) is 0 Å². The van der Waals surface area contributed by atoms with Crippen LogP contribution in [0.2, 0.25) is 10.0 Å². The summed E-state index contributed by atoms with van der Waals surface area (Å²) in [5.74, 6) is 1.19. The fourth-order valence-corrected chi connectivity index (χ4v) is 2.27. The summed E-state index contributed by atoms with van der Waals surface area (Å²) in [6.45, 7) is 9.93. The number of hydrogen-bond acceptors (Lipinski definition) is 1. The van der Waals surface area contributed by atoms with Gasteiger partial charge in [-0.15, -0.1) is 0 Å². The molecule has 1 aromatic rings. The van der Waals surface area contributed by atoms with E-state index >= 15 is 0 Å². The van der Waals surface area contributed by atoms with Crippen molar-refractivity contribution in [3.8, 4) is 0 Å². The number of halogens is 2. The molecule has 102 valence electrons. The minimum absolute atomic E-state index is 0.536. The van der Waals surface area contributed by atoms with Gasteiger partial charge in [0.25, 0.3) is 0 Å². The zero-order valence-corrected chi connectivity index (χ0v) is 13.1. The molecular formula is C15H23Cl2N. The van der Waals surface area contributed by atoms with Gasteiger partial charge in [0.15, 0.2) is 0 Å². The van der Waals surface area contributed by atoms with Gasteiger partial charge in [-0.05, 0) is 36.4 Å². The van der Waals surface area contributed by atoms with Gasteiger partial charge in [0.05, 0.1) is 10.0 Å². The minimum Gasteiger partial charge on any atom is -0.314 e. The summed E-state index contributed by atoms with van der Waals surface area (Å²) >= 11 is 12.3. The molecule has 0 saturated carbocycles. The molecule has 0 amide bonds. The minimum atomic E-state index is 0.536. The molecule has 0 aliphatic heterocycles. The quantitative estimate of drug-likeness (QED) is 0.792. The van der Waals surface area contributed by atoms with Gasteiger partial charge in [0.2, 0.25) is 0 Å². The van der Waals surface area contributed by atoms with E-state index in [4.69, 9.17) is 23.2 Å². The van der Waals surface area contributed by atoms with Crippen LogP contribution in [0.15, 0.2) is 18.2 Å². The lowest BCUT2D eigenvalue weighted by Gasteiger charge is -2.22. The largest absolute Gasteiger partial charge is 0.314 e. The monoisotopic (exact) mass is 287 g/mol. The van der Waals surface area contributed by atoms with Crippen LogP contribution in [0.5, 0.6) is 0 Å². The van der Waals surface area contributed by atoms with Crippen LogP contribution in [0.3, 0.4) is 0 Å². The lowest BCUT2D eigenvalue weighted by atomic mass is 9.89. The molecule has 0 heterocycles. The van der Waals surface area contributed by atoms with Crippen LogP contribution in [0, 0.1) is 11.8 Å². The van der Waals surface area contributed by atoms with Crippen molar-refractivity contribution in [1.29, 1.82) is 0 Å². The highest BCUT2D eigenvalue weighted by atomic mass is 35.5. The van der Waals surface area contributed by atoms with Crippen LogP contribution < -0.4 is 5.32 Å². The van der Waals surface area contributed by atoms with Crippen LogP contribution in [0.25, 0.3) is 0 Å². The topological polar surface area (TPSA) is 12.0 Å². The van der Waals surface area contributed by atoms with Crippen LogP contribution in [0.4, 0.5) is 0 Å². The summed E-state index contributed by atoms with van der Waals surface area (Å²) in [6.07, 6.45) is 0.973. The Morgan fingerprint density at radius 3 is 2.33 bits per heavy atom. The number of nitrogens with one attached hydrogen (secondary N) is 1. The first-order valence-corrected chi connectivity index (χ1v) is 7.33. The van der Waals surface area contributed by atoms with Crippen molar-refractivity contribution in [1.82, 2.24) is 5.32 Å². The van der Waals surface area contributed by atoms with E-state index in [1.807, 2.05) is 12.1 Å². The third-order valence-electron chi connectivity index (χ3n) is 3.39. The lowest BCUT2D eigenvalue weighted by Crippen LogP contribution is -2.31. The third-order valence-corrected chi connectivity index (χ3v) is 4.25. The number of hydrogen-bond donors (Lipinski definition) is 1. The molecule has 1 aromatic carbocycles. The third kappa shape index (κ3) is 4.79. The molecule has 0 aliphatic rings. The average molecular weight is 288 g/mol. The number of rotatable bonds is 6. The smallest absolute Gasteiger partial charge is 0.0624 e. The van der Waals surface area contributed by atoms with Crippen molar-refractivity contribution in [2.45, 2.75) is 40.2 Å². The van der Waals surface area contributed by atoms with Gasteiger partial charge < -0.3 is 5.32 Å². The Morgan fingerprint density at radius 1 is 1.06 bits per heavy atom. The second kappa shape index (κ2) is 7.37. The molecule has 2 unspecified atom stereocenters. The van der Waals surface area contributed by atoms with Gasteiger partial charge >= 0.3 is 0 Å². The van der Waals surface area contributed by atoms with Gasteiger partial charge in [-0.25, -0.2) is 0 Å². The summed E-state index contributed by atoms with van der Waals surface area (Å²) in [4.78, 5) is 0. The predicted molar refractivity (Wildman–Crippen MR) is 81.6 cm³/mol. The predicted octanol–water partition coefficient (Wildman–Crippen LogP) is 4.81. The first-order chi connectivity index (χ1) is 8.41. The highest BCUT2D eigenvalue weighted by molar-refractivity contribution is 6.42. The molecule has 1 rings (SSSR count). The summed E-state index contributed by atoms with van der Waals surface area (Å²) in [5.41, 5.74) is 1.15. The number of benzene rings is 1. The van der Waals surface area contributed by atoms with Crippen molar-refractivity contribution >= 4 is 23.2 Å². The first kappa shape index (κ1) is 15.8. The first-order valence-electron chi connectivity index (χ1n) is 6.58. The molecule has 1 N–H and O–H groups in total. The van der Waals surface area contributed by atoms with Crippen LogP contribution in [-0.4, -0.2) is 12.6 Å². The molecule has 0 aromatic heterocycles. The molecule has 1 nitrogen and oxygen atoms in total. The fourth-order valence-electron chi connectivity index (χ4n) is 1.88. The van der Waals surface area contributed by atoms with Crippen LogP contribution >= 0.6 is 23.2 Å². The summed E-state index contributed by atoms with van der Waals surface area (Å²) < 4.78 is 0. The highest BCUT2D eigenvalue weighted by Gasteiger charge is 2.15. The molecule has 0 aliphatic carbocycles. The molecule has 0 fully saturated rings. The van der Waals surface area contributed by atoms with Gasteiger partial charge in [-0.2, -0.15) is 0 Å². The summed E-state index contributed by atoms with van der Waals surface area (Å²) in [7, 11) is 0. The lowest BCUT2D eigenvalue weighted by molar-refractivity contribution is 0.354. The van der Waals surface area contributed by atoms with E-state index in [1.54, 1.807) is 0 Å². The van der Waals surface area contributed by atoms with E-state index in [0.29, 0.717) is 27.9 Å². The normalized spacial score (nSPS) is 14.8. The Balaban J connectivity index is 2.58. The van der Waals surface area contributed by atoms with Crippen molar-refractivity contribution in [3.63, 3.8) is 0 Å². The van der Waals surface area contributed by atoms with Crippen molar-refractivity contribution < 1.29 is 0 Å². The van der Waals surface area contributed by atoms with Crippen LogP contribution in [-0.2, 0) is 6.42 Å². The maximum Gasteiger partial charge on any atom is 0.0624 e. The summed E-state index contributed by atoms with van der Waals surface area (Å²) in [5, 5.41) is 4.83. The molecule has 0 saturated heterocycles. The molecular weight excluding hydrogens is 265 g/mol. The standard InChI is InChI=1S/C15H23Cl2N/c1-10(2)18-9-12(4)11(3)8-13-6-5-7-14(16)15(13)17/h5-7,10-12,18H,8-9H2,1-4H3. The van der Waals surface area contributed by atoms with Gasteiger partial charge in [0, 0.05) is 6.04 Å². The zero-order valence-electron chi connectivity index (χ0n) is 11.6. The zero-order chi connectivity index (χ0) is 13.7. The van der Waals surface area contributed by atoms with Crippen LogP contribution in [0.1, 0.15) is 33.3 Å². The fraction of sp³-hybridized carbons (Fsp3) is 0.600. The highest BCUT2D eigenvalue weighted by Crippen LogP contribution is 2.28. The van der Waals surface area contributed by atoms with E-state index in [0.717, 1.165) is 18.5 Å². The van der Waals surface area contributed by atoms with E-state index in [-0.39, 0.29) is 0 Å². The average Bonchev–Trinajstić information content (AvgIpc) is 2.31. The van der Waals surface area contributed by atoms with E-state index < -0.39 is 0 Å². The molecule has 3 heteroatoms. The van der Waals surface area contributed by atoms with E-state index in [2.05, 4.69) is 39.1 Å². The second-order valence-electron chi connectivity index (χ2n) is 5.43. The maximum atomic E-state index is 6.22. The van der Waals surface area contributed by atoms with Crippen molar-refractivity contribution in [2.24, 2.45) is 11.8 Å². The summed E-state index contributed by atoms with van der Waals surface area (Å²) in [6, 6.07) is 6.40. The van der Waals surface area contributed by atoms with Crippen molar-refractivity contribution in [2.75, 3.05) is 6.54 Å². The molecule has 2 atom stereocenters. The Morgan fingerprint density at radius 2 is 1.72 bits per heavy atom. The van der Waals surface area contributed by atoms with E-state index in [1.165, 1.54) is 0 Å². The van der Waals surface area contributed by atoms with Gasteiger partial charge in [0.1, 0.15) is 0 Å². The van der Waals surface area contributed by atoms with Gasteiger partial charge in [-0.3, -0.25) is 0 Å². The van der Waals surface area contributed by atoms with Gasteiger partial charge in [-0.1, -0.05) is 63.0 Å². The Hall–Kier alpha value is -0.240. The SMILES string of the molecule is CC(C)NCC(C)C(C)Cc1cccc(Cl)c1Cl. The van der Waals surface area contributed by atoms with Crippen molar-refractivity contribution in [3.05, 3.63) is 33.8 Å². The molecule has 18 heavy (non-hydrogen) atoms. The Kier molecular flexibility index (Phi) is 6.48. The Bertz CT molecular complexity index is 377. The molecule has 0 spiro atoms. The molecule has 0 radical (unpaired) electrons. The maximum absolute atomic E-state index is 6.22.